The topological polar surface area (TPSA) is 88.8 Å². The summed E-state index contributed by atoms with van der Waals surface area (Å²) in [5, 5.41) is 8.93. The first-order valence-corrected chi connectivity index (χ1v) is 8.68. The van der Waals surface area contributed by atoms with Crippen LogP contribution in [0.25, 0.3) is 0 Å². The number of benzene rings is 2. The zero-order chi connectivity index (χ0) is 16.4. The number of rotatable bonds is 3. The molecule has 6 nitrogen and oxygen atoms in total. The fourth-order valence-electron chi connectivity index (χ4n) is 2.43. The summed E-state index contributed by atoms with van der Waals surface area (Å²) >= 11 is 0. The van der Waals surface area contributed by atoms with Crippen molar-refractivity contribution in [2.24, 2.45) is 0 Å². The molecule has 0 saturated carbocycles. The third-order valence-corrected chi connectivity index (χ3v) is 5.09. The Balaban J connectivity index is 1.95. The van der Waals surface area contributed by atoms with Crippen molar-refractivity contribution in [3.05, 3.63) is 48.0 Å². The van der Waals surface area contributed by atoms with Crippen molar-refractivity contribution in [2.75, 3.05) is 18.1 Å². The Morgan fingerprint density at radius 2 is 2.04 bits per heavy atom. The van der Waals surface area contributed by atoms with E-state index in [0.29, 0.717) is 28.6 Å². The Hall–Kier alpha value is -2.24. The number of nitrogens with one attached hydrogen (secondary N) is 1. The van der Waals surface area contributed by atoms with Gasteiger partial charge in [0.25, 0.3) is 0 Å². The molecule has 0 spiro atoms. The first-order valence-electron chi connectivity index (χ1n) is 7.13. The zero-order valence-corrected chi connectivity index (χ0v) is 13.4. The van der Waals surface area contributed by atoms with Crippen LogP contribution in [0.15, 0.2) is 47.4 Å². The van der Waals surface area contributed by atoms with Gasteiger partial charge in [0.15, 0.2) is 0 Å². The number of anilines is 1. The molecule has 1 heterocycles. The molecular formula is C16H17N3O3S. The normalized spacial score (nSPS) is 17.0. The maximum atomic E-state index is 10.2. The monoisotopic (exact) mass is 331 g/mol. The Labute approximate surface area is 136 Å². The van der Waals surface area contributed by atoms with Crippen molar-refractivity contribution in [1.29, 1.82) is 5.26 Å². The van der Waals surface area contributed by atoms with Gasteiger partial charge < -0.3 is 9.64 Å². The highest BCUT2D eigenvalue weighted by Crippen LogP contribution is 2.52. The third-order valence-electron chi connectivity index (χ3n) is 3.62. The van der Waals surface area contributed by atoms with Crippen molar-refractivity contribution >= 4 is 16.5 Å². The molecule has 23 heavy (non-hydrogen) atoms. The third kappa shape index (κ3) is 3.11. The van der Waals surface area contributed by atoms with E-state index in [2.05, 4.69) is 10.8 Å². The van der Waals surface area contributed by atoms with Crippen LogP contribution >= 0.6 is 10.8 Å². The summed E-state index contributed by atoms with van der Waals surface area (Å²) in [5.74, 6) is 1.01. The van der Waals surface area contributed by atoms with Gasteiger partial charge in [-0.15, -0.1) is 10.8 Å². The summed E-state index contributed by atoms with van der Waals surface area (Å²) in [6.45, 7) is 3.14. The van der Waals surface area contributed by atoms with E-state index in [9.17, 15) is 9.11 Å². The molecular weight excluding hydrogens is 314 g/mol. The highest BCUT2D eigenvalue weighted by molar-refractivity contribution is 8.22. The Morgan fingerprint density at radius 1 is 1.26 bits per heavy atom. The van der Waals surface area contributed by atoms with E-state index in [0.717, 1.165) is 12.2 Å². The van der Waals surface area contributed by atoms with Gasteiger partial charge >= 0.3 is 0 Å². The van der Waals surface area contributed by atoms with E-state index in [4.69, 9.17) is 10.00 Å². The van der Waals surface area contributed by atoms with Crippen LogP contribution in [-0.4, -0.2) is 22.3 Å². The van der Waals surface area contributed by atoms with E-state index >= 15 is 0 Å². The van der Waals surface area contributed by atoms with Gasteiger partial charge in [-0.25, -0.2) is 0 Å². The number of fused-ring (bicyclic) bond motifs is 1. The first-order chi connectivity index (χ1) is 11.0. The number of hydrogen-bond donors (Lipinski definition) is 3. The van der Waals surface area contributed by atoms with Gasteiger partial charge in [-0.3, -0.25) is 9.11 Å². The lowest BCUT2D eigenvalue weighted by Crippen LogP contribution is -2.40. The van der Waals surface area contributed by atoms with Crippen LogP contribution in [0.4, 0.5) is 5.69 Å². The molecule has 0 unspecified atom stereocenters. The van der Waals surface area contributed by atoms with Crippen LogP contribution in [0.1, 0.15) is 12.5 Å². The predicted octanol–water partition coefficient (Wildman–Crippen LogP) is 3.76. The molecule has 120 valence electrons. The van der Waals surface area contributed by atoms with Gasteiger partial charge in [-0.05, 0) is 37.3 Å². The molecule has 0 aliphatic carbocycles. The summed E-state index contributed by atoms with van der Waals surface area (Å²) in [7, 11) is -3.04. The van der Waals surface area contributed by atoms with Crippen LogP contribution in [0.5, 0.6) is 11.5 Å². The second-order valence-electron chi connectivity index (χ2n) is 5.08. The zero-order valence-electron chi connectivity index (χ0n) is 12.6. The molecule has 0 bridgehead atoms. The minimum atomic E-state index is -3.04. The predicted molar refractivity (Wildman–Crippen MR) is 89.8 cm³/mol. The summed E-state index contributed by atoms with van der Waals surface area (Å²) in [4.78, 5) is 2.42. The maximum absolute atomic E-state index is 10.2. The molecule has 2 aromatic rings. The molecule has 0 saturated heterocycles. The average Bonchev–Trinajstić information content (AvgIpc) is 2.56. The molecule has 3 N–H and O–H groups in total. The highest BCUT2D eigenvalue weighted by Gasteiger charge is 2.28. The lowest BCUT2D eigenvalue weighted by Gasteiger charge is -2.43. The largest absolute Gasteiger partial charge is 0.457 e. The van der Waals surface area contributed by atoms with Crippen molar-refractivity contribution in [2.45, 2.75) is 11.8 Å². The molecule has 1 aliphatic rings. The van der Waals surface area contributed by atoms with E-state index in [-0.39, 0.29) is 0 Å². The minimum Gasteiger partial charge on any atom is -0.457 e. The maximum Gasteiger partial charge on any atom is 0.129 e. The number of nitriles is 1. The van der Waals surface area contributed by atoms with E-state index < -0.39 is 10.8 Å². The second kappa shape index (κ2) is 6.10. The summed E-state index contributed by atoms with van der Waals surface area (Å²) in [5.41, 5.74) is 1.29. The van der Waals surface area contributed by atoms with Gasteiger partial charge in [-0.1, -0.05) is 6.07 Å². The smallest absolute Gasteiger partial charge is 0.129 e. The fraction of sp³-hybridized carbons (Fsp3) is 0.188. The molecule has 2 aromatic carbocycles. The first kappa shape index (κ1) is 15.6. The SMILES string of the molecule is CCN1CNS(O)(O)c2cc(Oc3cccc(C#N)c3)ccc21. The van der Waals surface area contributed by atoms with Crippen molar-refractivity contribution in [3.63, 3.8) is 0 Å². The van der Waals surface area contributed by atoms with E-state index in [1.165, 1.54) is 0 Å². The van der Waals surface area contributed by atoms with Crippen molar-refractivity contribution in [1.82, 2.24) is 4.72 Å². The standard InChI is InChI=1S/C16H17N3O3S/c1-2-19-11-18-23(20,21)16-9-14(6-7-15(16)19)22-13-5-3-4-12(8-13)10-17/h3-9,18,20-21H,2,11H2,1H3. The van der Waals surface area contributed by atoms with Crippen LogP contribution in [0, 0.1) is 11.3 Å². The van der Waals surface area contributed by atoms with Crippen LogP contribution in [0.2, 0.25) is 0 Å². The van der Waals surface area contributed by atoms with Gasteiger partial charge in [0.2, 0.25) is 0 Å². The minimum absolute atomic E-state index is 0.385. The molecule has 0 fully saturated rings. The molecule has 3 rings (SSSR count). The van der Waals surface area contributed by atoms with Gasteiger partial charge in [0, 0.05) is 12.6 Å². The summed E-state index contributed by atoms with van der Waals surface area (Å²) in [6.07, 6.45) is 0. The Morgan fingerprint density at radius 3 is 2.78 bits per heavy atom. The fourth-order valence-corrected chi connectivity index (χ4v) is 3.69. The lowest BCUT2D eigenvalue weighted by atomic mass is 10.2. The summed E-state index contributed by atoms with van der Waals surface area (Å²) < 4.78 is 28.9. The Kier molecular flexibility index (Phi) is 4.15. The Bertz CT molecular complexity index is 773. The molecule has 1 aliphatic heterocycles. The average molecular weight is 331 g/mol. The van der Waals surface area contributed by atoms with Crippen LogP contribution in [-0.2, 0) is 0 Å². The number of hydrogen-bond acceptors (Lipinski definition) is 6. The van der Waals surface area contributed by atoms with Gasteiger partial charge in [-0.2, -0.15) is 9.98 Å². The van der Waals surface area contributed by atoms with Gasteiger partial charge in [0.1, 0.15) is 16.4 Å². The molecule has 0 radical (unpaired) electrons. The van der Waals surface area contributed by atoms with E-state index in [1.54, 1.807) is 36.4 Å². The lowest BCUT2D eigenvalue weighted by molar-refractivity contribution is 0.456. The molecule has 0 amide bonds. The highest BCUT2D eigenvalue weighted by atomic mass is 32.3. The number of ether oxygens (including phenoxy) is 1. The van der Waals surface area contributed by atoms with Gasteiger partial charge in [0.05, 0.1) is 24.0 Å². The second-order valence-corrected chi connectivity index (χ2v) is 6.90. The molecule has 0 atom stereocenters. The van der Waals surface area contributed by atoms with Crippen LogP contribution in [0.3, 0.4) is 0 Å². The molecule has 0 aromatic heterocycles. The van der Waals surface area contributed by atoms with Crippen molar-refractivity contribution in [3.8, 4) is 17.6 Å². The van der Waals surface area contributed by atoms with Crippen molar-refractivity contribution < 1.29 is 13.8 Å². The van der Waals surface area contributed by atoms with Crippen LogP contribution < -0.4 is 14.4 Å². The summed E-state index contributed by atoms with van der Waals surface area (Å²) in [6, 6.07) is 14.1. The molecule has 7 heteroatoms. The van der Waals surface area contributed by atoms with E-state index in [1.807, 2.05) is 17.9 Å². The number of nitrogens with zero attached hydrogens (tertiary/aromatic N) is 2. The quantitative estimate of drug-likeness (QED) is 0.793.